The van der Waals surface area contributed by atoms with Crippen molar-refractivity contribution in [2.24, 2.45) is 11.8 Å². The number of hydrogen-bond donors (Lipinski definition) is 1. The van der Waals surface area contributed by atoms with Gasteiger partial charge in [-0.3, -0.25) is 4.79 Å². The van der Waals surface area contributed by atoms with Crippen LogP contribution in [0.1, 0.15) is 44.0 Å². The second-order valence-electron chi connectivity index (χ2n) is 6.93. The SMILES string of the molecule is CCC(=O)c1ccc(OC[C@H](O)CN2C[C@H](C)C[C@@H](C)C2)cc1. The quantitative estimate of drug-likeness (QED) is 0.785. The van der Waals surface area contributed by atoms with E-state index in [4.69, 9.17) is 4.74 Å². The van der Waals surface area contributed by atoms with Crippen LogP contribution in [0.4, 0.5) is 0 Å². The van der Waals surface area contributed by atoms with Crippen molar-refractivity contribution < 1.29 is 14.6 Å². The number of β-amino-alcohol motifs (C(OH)–C–C–N with tert-alkyl or cyclic N) is 1. The second-order valence-corrected chi connectivity index (χ2v) is 6.93. The van der Waals surface area contributed by atoms with Gasteiger partial charge in [-0.2, -0.15) is 0 Å². The number of aliphatic hydroxyl groups excluding tert-OH is 1. The number of likely N-dealkylation sites (tertiary alicyclic amines) is 1. The Bertz CT molecular complexity index is 490. The van der Waals surface area contributed by atoms with Crippen molar-refractivity contribution in [1.82, 2.24) is 4.90 Å². The first kappa shape index (κ1) is 18.0. The molecule has 128 valence electrons. The van der Waals surface area contributed by atoms with Gasteiger partial charge < -0.3 is 14.7 Å². The minimum Gasteiger partial charge on any atom is -0.491 e. The molecule has 1 N–H and O–H groups in total. The lowest BCUT2D eigenvalue weighted by Crippen LogP contribution is -2.43. The van der Waals surface area contributed by atoms with Crippen LogP contribution in [0.5, 0.6) is 5.75 Å². The molecule has 0 aliphatic carbocycles. The first-order chi connectivity index (χ1) is 11.0. The number of piperidine rings is 1. The van der Waals surface area contributed by atoms with Crippen LogP contribution in [0.15, 0.2) is 24.3 Å². The maximum absolute atomic E-state index is 11.6. The largest absolute Gasteiger partial charge is 0.491 e. The zero-order chi connectivity index (χ0) is 16.8. The number of rotatable bonds is 7. The highest BCUT2D eigenvalue weighted by Gasteiger charge is 2.23. The Kier molecular flexibility index (Phi) is 6.60. The molecule has 1 aliphatic heterocycles. The lowest BCUT2D eigenvalue weighted by Gasteiger charge is -2.35. The van der Waals surface area contributed by atoms with E-state index >= 15 is 0 Å². The number of benzene rings is 1. The van der Waals surface area contributed by atoms with Gasteiger partial charge in [0.05, 0.1) is 0 Å². The van der Waals surface area contributed by atoms with E-state index in [0.717, 1.165) is 13.1 Å². The van der Waals surface area contributed by atoms with Gasteiger partial charge in [0.2, 0.25) is 0 Å². The summed E-state index contributed by atoms with van der Waals surface area (Å²) in [7, 11) is 0. The van der Waals surface area contributed by atoms with Crippen LogP contribution in [0.3, 0.4) is 0 Å². The van der Waals surface area contributed by atoms with Crippen LogP contribution >= 0.6 is 0 Å². The average molecular weight is 319 g/mol. The van der Waals surface area contributed by atoms with Crippen LogP contribution in [-0.4, -0.2) is 48.1 Å². The number of ketones is 1. The zero-order valence-electron chi connectivity index (χ0n) is 14.5. The molecule has 1 aromatic rings. The summed E-state index contributed by atoms with van der Waals surface area (Å²) in [5.41, 5.74) is 0.705. The standard InChI is InChI=1S/C19H29NO3/c1-4-19(22)16-5-7-18(8-6-16)23-13-17(21)12-20-10-14(2)9-15(3)11-20/h5-8,14-15,17,21H,4,9-13H2,1-3H3/t14-,15-,17-/m1/s1. The molecule has 0 saturated carbocycles. The van der Waals surface area contributed by atoms with Gasteiger partial charge in [0, 0.05) is 31.6 Å². The highest BCUT2D eigenvalue weighted by Crippen LogP contribution is 2.21. The lowest BCUT2D eigenvalue weighted by atomic mass is 9.92. The fourth-order valence-corrected chi connectivity index (χ4v) is 3.43. The number of ether oxygens (including phenoxy) is 1. The molecule has 1 heterocycles. The van der Waals surface area contributed by atoms with Gasteiger partial charge in [0.25, 0.3) is 0 Å². The molecule has 2 rings (SSSR count). The Balaban J connectivity index is 1.77. The first-order valence-corrected chi connectivity index (χ1v) is 8.64. The van der Waals surface area contributed by atoms with Gasteiger partial charge in [0.15, 0.2) is 5.78 Å². The Hall–Kier alpha value is -1.39. The minimum atomic E-state index is -0.496. The van der Waals surface area contributed by atoms with Crippen LogP contribution in [0, 0.1) is 11.8 Å². The third kappa shape index (κ3) is 5.63. The lowest BCUT2D eigenvalue weighted by molar-refractivity contribution is 0.0429. The molecule has 0 radical (unpaired) electrons. The molecule has 0 bridgehead atoms. The monoisotopic (exact) mass is 319 g/mol. The molecular formula is C19H29NO3. The molecule has 1 aromatic carbocycles. The van der Waals surface area contributed by atoms with Gasteiger partial charge in [-0.1, -0.05) is 20.8 Å². The third-order valence-corrected chi connectivity index (χ3v) is 4.35. The Morgan fingerprint density at radius 3 is 2.43 bits per heavy atom. The van der Waals surface area contributed by atoms with Crippen molar-refractivity contribution in [3.8, 4) is 5.75 Å². The molecule has 0 spiro atoms. The van der Waals surface area contributed by atoms with Gasteiger partial charge in [-0.25, -0.2) is 0 Å². The summed E-state index contributed by atoms with van der Waals surface area (Å²) < 4.78 is 5.64. The predicted molar refractivity (Wildman–Crippen MR) is 92.0 cm³/mol. The van der Waals surface area contributed by atoms with Crippen molar-refractivity contribution in [2.45, 2.75) is 39.7 Å². The first-order valence-electron chi connectivity index (χ1n) is 8.64. The number of carbonyl (C=O) groups is 1. The minimum absolute atomic E-state index is 0.130. The molecule has 4 heteroatoms. The average Bonchev–Trinajstić information content (AvgIpc) is 2.51. The number of Topliss-reactive ketones (excluding diaryl/α,β-unsaturated/α-hetero) is 1. The van der Waals surface area contributed by atoms with E-state index in [1.807, 2.05) is 6.92 Å². The summed E-state index contributed by atoms with van der Waals surface area (Å²) in [5, 5.41) is 10.2. The van der Waals surface area contributed by atoms with Crippen LogP contribution in [-0.2, 0) is 0 Å². The Morgan fingerprint density at radius 1 is 1.26 bits per heavy atom. The summed E-state index contributed by atoms with van der Waals surface area (Å²) >= 11 is 0. The van der Waals surface area contributed by atoms with E-state index in [-0.39, 0.29) is 12.4 Å². The number of carbonyl (C=O) groups excluding carboxylic acids is 1. The number of nitrogens with zero attached hydrogens (tertiary/aromatic N) is 1. The predicted octanol–water partition coefficient (Wildman–Crippen LogP) is 3.00. The highest BCUT2D eigenvalue weighted by molar-refractivity contribution is 5.95. The molecule has 1 aliphatic rings. The number of hydrogen-bond acceptors (Lipinski definition) is 4. The fraction of sp³-hybridized carbons (Fsp3) is 0.632. The van der Waals surface area contributed by atoms with E-state index in [1.165, 1.54) is 6.42 Å². The molecule has 4 nitrogen and oxygen atoms in total. The molecule has 0 aromatic heterocycles. The van der Waals surface area contributed by atoms with Crippen molar-refractivity contribution >= 4 is 5.78 Å². The molecule has 23 heavy (non-hydrogen) atoms. The van der Waals surface area contributed by atoms with Crippen molar-refractivity contribution in [3.05, 3.63) is 29.8 Å². The van der Waals surface area contributed by atoms with Crippen molar-refractivity contribution in [1.29, 1.82) is 0 Å². The fourth-order valence-electron chi connectivity index (χ4n) is 3.43. The van der Waals surface area contributed by atoms with Crippen LogP contribution in [0.2, 0.25) is 0 Å². The van der Waals surface area contributed by atoms with E-state index in [1.54, 1.807) is 24.3 Å². The smallest absolute Gasteiger partial charge is 0.162 e. The molecule has 0 unspecified atom stereocenters. The summed E-state index contributed by atoms with van der Waals surface area (Å²) in [6, 6.07) is 7.14. The zero-order valence-corrected chi connectivity index (χ0v) is 14.5. The molecule has 0 amide bonds. The topological polar surface area (TPSA) is 49.8 Å². The molecule has 3 atom stereocenters. The third-order valence-electron chi connectivity index (χ3n) is 4.35. The normalized spacial score (nSPS) is 23.5. The van der Waals surface area contributed by atoms with Gasteiger partial charge in [-0.15, -0.1) is 0 Å². The van der Waals surface area contributed by atoms with Gasteiger partial charge in [-0.05, 0) is 42.5 Å². The molecular weight excluding hydrogens is 290 g/mol. The van der Waals surface area contributed by atoms with Crippen LogP contribution in [0.25, 0.3) is 0 Å². The maximum atomic E-state index is 11.6. The van der Waals surface area contributed by atoms with E-state index in [0.29, 0.717) is 36.1 Å². The van der Waals surface area contributed by atoms with Crippen LogP contribution < -0.4 is 4.74 Å². The van der Waals surface area contributed by atoms with E-state index < -0.39 is 6.10 Å². The summed E-state index contributed by atoms with van der Waals surface area (Å²) in [6.45, 7) is 9.42. The van der Waals surface area contributed by atoms with Crippen molar-refractivity contribution in [3.63, 3.8) is 0 Å². The van der Waals surface area contributed by atoms with E-state index in [2.05, 4.69) is 18.7 Å². The number of aliphatic hydroxyl groups is 1. The highest BCUT2D eigenvalue weighted by atomic mass is 16.5. The second kappa shape index (κ2) is 8.46. The summed E-state index contributed by atoms with van der Waals surface area (Å²) in [5.74, 6) is 2.20. The Morgan fingerprint density at radius 2 is 1.87 bits per heavy atom. The molecule has 1 fully saturated rings. The molecule has 1 saturated heterocycles. The maximum Gasteiger partial charge on any atom is 0.162 e. The van der Waals surface area contributed by atoms with Gasteiger partial charge in [0.1, 0.15) is 18.5 Å². The summed E-state index contributed by atoms with van der Waals surface area (Å²) in [4.78, 5) is 13.9. The summed E-state index contributed by atoms with van der Waals surface area (Å²) in [6.07, 6.45) is 1.28. The van der Waals surface area contributed by atoms with Gasteiger partial charge >= 0.3 is 0 Å². The van der Waals surface area contributed by atoms with Crippen molar-refractivity contribution in [2.75, 3.05) is 26.2 Å². The van der Waals surface area contributed by atoms with E-state index in [9.17, 15) is 9.90 Å². The Labute approximate surface area is 139 Å².